The maximum absolute atomic E-state index is 13.2. The Morgan fingerprint density at radius 1 is 1.21 bits per heavy atom. The third kappa shape index (κ3) is 5.15. The molecule has 34 heavy (non-hydrogen) atoms. The summed E-state index contributed by atoms with van der Waals surface area (Å²) in [6, 6.07) is 16.8. The van der Waals surface area contributed by atoms with Gasteiger partial charge in [-0.2, -0.15) is 10.4 Å². The molecule has 10 heteroatoms. The van der Waals surface area contributed by atoms with Crippen LogP contribution in [0.3, 0.4) is 0 Å². The van der Waals surface area contributed by atoms with Gasteiger partial charge in [-0.15, -0.1) is 0 Å². The van der Waals surface area contributed by atoms with E-state index in [9.17, 15) is 19.2 Å². The van der Waals surface area contributed by atoms with Gasteiger partial charge in [-0.3, -0.25) is 9.48 Å². The van der Waals surface area contributed by atoms with E-state index in [1.165, 1.54) is 40.0 Å². The molecule has 0 bridgehead atoms. The van der Waals surface area contributed by atoms with Crippen LogP contribution in [-0.2, 0) is 11.3 Å². The number of nitrogens with two attached hydrogens (primary N) is 1. The fourth-order valence-electron chi connectivity index (χ4n) is 3.86. The minimum atomic E-state index is -0.689. The number of carbonyl (C=O) groups excluding carboxylic acids is 2. The van der Waals surface area contributed by atoms with Gasteiger partial charge in [-0.05, 0) is 36.2 Å². The largest absolute Gasteiger partial charge is 0.445 e. The number of nitrogens with one attached hydrogen (secondary N) is 1. The van der Waals surface area contributed by atoms with E-state index < -0.39 is 23.7 Å². The molecule has 4 rings (SSSR count). The van der Waals surface area contributed by atoms with Gasteiger partial charge in [-0.25, -0.2) is 9.18 Å². The Hall–Kier alpha value is -4.39. The van der Waals surface area contributed by atoms with Crippen LogP contribution < -0.4 is 11.1 Å². The number of anilines is 2. The van der Waals surface area contributed by atoms with Crippen LogP contribution in [0.5, 0.6) is 0 Å². The fraction of sp³-hybridized carbons (Fsp3) is 0.250. The van der Waals surface area contributed by atoms with Gasteiger partial charge in [0.2, 0.25) is 0 Å². The summed E-state index contributed by atoms with van der Waals surface area (Å²) in [4.78, 5) is 26.0. The molecule has 3 N–H and O–H groups in total. The highest BCUT2D eigenvalue weighted by Gasteiger charge is 2.34. The topological polar surface area (TPSA) is 126 Å². The predicted molar refractivity (Wildman–Crippen MR) is 121 cm³/mol. The van der Waals surface area contributed by atoms with Gasteiger partial charge < -0.3 is 20.7 Å². The summed E-state index contributed by atoms with van der Waals surface area (Å²) >= 11 is 0. The van der Waals surface area contributed by atoms with Crippen LogP contribution in [-0.4, -0.2) is 39.8 Å². The summed E-state index contributed by atoms with van der Waals surface area (Å²) in [6.45, 7) is 0.681. The zero-order chi connectivity index (χ0) is 24.1. The van der Waals surface area contributed by atoms with Crippen molar-refractivity contribution in [3.63, 3.8) is 0 Å². The second-order valence-electron chi connectivity index (χ2n) is 7.95. The average molecular weight is 462 g/mol. The SMILES string of the molecule is N#C[C@H]1CN(C(=O)OCc2ccccc2)CC[C@@H]1n1cc(C(N)=O)c(Nc2ccc(F)cc2)n1. The molecule has 0 aliphatic carbocycles. The van der Waals surface area contributed by atoms with Crippen molar-refractivity contribution in [1.82, 2.24) is 14.7 Å². The lowest BCUT2D eigenvalue weighted by Crippen LogP contribution is -2.44. The normalized spacial score (nSPS) is 17.6. The van der Waals surface area contributed by atoms with Gasteiger partial charge >= 0.3 is 6.09 Å². The first kappa shape index (κ1) is 22.8. The van der Waals surface area contributed by atoms with Gasteiger partial charge in [0.15, 0.2) is 5.82 Å². The molecule has 2 amide bonds. The third-order valence-corrected chi connectivity index (χ3v) is 5.65. The van der Waals surface area contributed by atoms with Crippen LogP contribution >= 0.6 is 0 Å². The number of piperidine rings is 1. The van der Waals surface area contributed by atoms with E-state index >= 15 is 0 Å². The van der Waals surface area contributed by atoms with Gasteiger partial charge in [-0.1, -0.05) is 30.3 Å². The number of primary amides is 1. The van der Waals surface area contributed by atoms with Crippen molar-refractivity contribution in [2.45, 2.75) is 19.1 Å². The number of nitriles is 1. The van der Waals surface area contributed by atoms with Crippen LogP contribution in [0.4, 0.5) is 20.7 Å². The molecule has 1 fully saturated rings. The zero-order valence-electron chi connectivity index (χ0n) is 18.2. The van der Waals surface area contributed by atoms with Gasteiger partial charge in [0.1, 0.15) is 18.0 Å². The minimum absolute atomic E-state index is 0.144. The molecule has 9 nitrogen and oxygen atoms in total. The Balaban J connectivity index is 1.46. The number of hydrogen-bond donors (Lipinski definition) is 2. The lowest BCUT2D eigenvalue weighted by atomic mass is 9.94. The quantitative estimate of drug-likeness (QED) is 0.577. The molecule has 0 saturated carbocycles. The maximum Gasteiger partial charge on any atom is 0.410 e. The Kier molecular flexibility index (Phi) is 6.73. The van der Waals surface area contributed by atoms with Crippen LogP contribution in [0.1, 0.15) is 28.4 Å². The van der Waals surface area contributed by atoms with E-state index in [1.54, 1.807) is 0 Å². The first-order chi connectivity index (χ1) is 16.4. The Morgan fingerprint density at radius 3 is 2.62 bits per heavy atom. The first-order valence-electron chi connectivity index (χ1n) is 10.7. The average Bonchev–Trinajstić information content (AvgIpc) is 3.28. The molecule has 3 aromatic rings. The molecule has 1 saturated heterocycles. The minimum Gasteiger partial charge on any atom is -0.445 e. The van der Waals surface area contributed by atoms with Crippen molar-refractivity contribution in [2.24, 2.45) is 11.7 Å². The molecule has 0 radical (unpaired) electrons. The van der Waals surface area contributed by atoms with Crippen molar-refractivity contribution < 1.29 is 18.7 Å². The van der Waals surface area contributed by atoms with E-state index in [0.29, 0.717) is 18.7 Å². The highest BCUT2D eigenvalue weighted by molar-refractivity contribution is 5.98. The molecule has 174 valence electrons. The van der Waals surface area contributed by atoms with Crippen molar-refractivity contribution in [1.29, 1.82) is 5.26 Å². The van der Waals surface area contributed by atoms with E-state index in [2.05, 4.69) is 16.5 Å². The number of nitrogens with zero attached hydrogens (tertiary/aromatic N) is 4. The second-order valence-corrected chi connectivity index (χ2v) is 7.95. The molecule has 2 atom stereocenters. The van der Waals surface area contributed by atoms with Crippen LogP contribution in [0.2, 0.25) is 0 Å². The van der Waals surface area contributed by atoms with Crippen LogP contribution in [0.25, 0.3) is 0 Å². The Bertz CT molecular complexity index is 1210. The summed E-state index contributed by atoms with van der Waals surface area (Å²) in [5, 5.41) is 17.2. The van der Waals surface area contributed by atoms with Crippen molar-refractivity contribution in [2.75, 3.05) is 18.4 Å². The van der Waals surface area contributed by atoms with Gasteiger partial charge in [0.05, 0.1) is 18.0 Å². The first-order valence-corrected chi connectivity index (χ1v) is 10.7. The lowest BCUT2D eigenvalue weighted by molar-refractivity contribution is 0.0731. The number of rotatable bonds is 6. The van der Waals surface area contributed by atoms with Gasteiger partial charge in [0.25, 0.3) is 5.91 Å². The lowest BCUT2D eigenvalue weighted by Gasteiger charge is -2.34. The number of hydrogen-bond acceptors (Lipinski definition) is 6. The smallest absolute Gasteiger partial charge is 0.410 e. The summed E-state index contributed by atoms with van der Waals surface area (Å²) < 4.78 is 20.1. The van der Waals surface area contributed by atoms with Crippen molar-refractivity contribution >= 4 is 23.5 Å². The molecule has 0 unspecified atom stereocenters. The summed E-state index contributed by atoms with van der Waals surface area (Å²) in [5.41, 5.74) is 7.07. The van der Waals surface area contributed by atoms with E-state index in [-0.39, 0.29) is 30.6 Å². The van der Waals surface area contributed by atoms with Gasteiger partial charge in [0, 0.05) is 25.0 Å². The Labute approximate surface area is 195 Å². The predicted octanol–water partition coefficient (Wildman–Crippen LogP) is 3.59. The second kappa shape index (κ2) is 10.0. The summed E-state index contributed by atoms with van der Waals surface area (Å²) in [5.74, 6) is -1.44. The number of aromatic nitrogens is 2. The van der Waals surface area contributed by atoms with E-state index in [0.717, 1.165) is 5.56 Å². The van der Waals surface area contributed by atoms with Crippen LogP contribution in [0.15, 0.2) is 60.8 Å². The third-order valence-electron chi connectivity index (χ3n) is 5.65. The molecule has 0 spiro atoms. The number of halogens is 1. The standard InChI is InChI=1S/C24H23FN6O3/c25-18-6-8-19(9-7-18)28-23-20(22(27)32)14-31(29-23)21-10-11-30(13-17(21)12-26)24(33)34-15-16-4-2-1-3-5-16/h1-9,14,17,21H,10-11,13,15H2,(H2,27,32)(H,28,29)/t17-,21-/m0/s1. The fourth-order valence-corrected chi connectivity index (χ4v) is 3.86. The number of carbonyl (C=O) groups is 2. The summed E-state index contributed by atoms with van der Waals surface area (Å²) in [6.07, 6.45) is 1.45. The Morgan fingerprint density at radius 2 is 1.94 bits per heavy atom. The van der Waals surface area contributed by atoms with Crippen molar-refractivity contribution in [3.8, 4) is 6.07 Å². The zero-order valence-corrected chi connectivity index (χ0v) is 18.2. The van der Waals surface area contributed by atoms with E-state index in [4.69, 9.17) is 10.5 Å². The highest BCUT2D eigenvalue weighted by atomic mass is 19.1. The van der Waals surface area contributed by atoms with E-state index in [1.807, 2.05) is 30.3 Å². The molecule has 2 aromatic carbocycles. The molecular formula is C24H23FN6O3. The van der Waals surface area contributed by atoms with Crippen LogP contribution in [0, 0.1) is 23.1 Å². The molecular weight excluding hydrogens is 439 g/mol. The number of ether oxygens (including phenoxy) is 1. The molecule has 1 aromatic heterocycles. The van der Waals surface area contributed by atoms with Crippen molar-refractivity contribution in [3.05, 3.63) is 77.7 Å². The number of likely N-dealkylation sites (tertiary alicyclic amines) is 1. The monoisotopic (exact) mass is 462 g/mol. The maximum atomic E-state index is 13.2. The summed E-state index contributed by atoms with van der Waals surface area (Å²) in [7, 11) is 0. The molecule has 2 heterocycles. The highest BCUT2D eigenvalue weighted by Crippen LogP contribution is 2.30. The molecule has 1 aliphatic rings. The number of amides is 2. The molecule has 1 aliphatic heterocycles. The number of benzene rings is 2.